The summed E-state index contributed by atoms with van der Waals surface area (Å²) in [5, 5.41) is 0. The molecule has 0 bridgehead atoms. The summed E-state index contributed by atoms with van der Waals surface area (Å²) in [4.78, 5) is 36.5. The zero-order chi connectivity index (χ0) is 17.5. The van der Waals surface area contributed by atoms with Crippen LogP contribution in [0.5, 0.6) is 0 Å². The van der Waals surface area contributed by atoms with Crippen LogP contribution in [0.3, 0.4) is 0 Å². The first-order chi connectivity index (χ1) is 11.4. The summed E-state index contributed by atoms with van der Waals surface area (Å²) in [5.41, 5.74) is 3.15. The topological polar surface area (TPSA) is 78.9 Å². The van der Waals surface area contributed by atoms with Crippen LogP contribution in [0.4, 0.5) is 0 Å². The molecule has 128 valence electrons. The third-order valence-electron chi connectivity index (χ3n) is 5.19. The molecule has 0 amide bonds. The molecule has 0 aromatic heterocycles. The van der Waals surface area contributed by atoms with E-state index in [1.165, 1.54) is 14.2 Å². The van der Waals surface area contributed by atoms with E-state index < -0.39 is 17.4 Å². The van der Waals surface area contributed by atoms with Crippen LogP contribution in [0.25, 0.3) is 0 Å². The highest BCUT2D eigenvalue weighted by atomic mass is 16.5. The third kappa shape index (κ3) is 2.28. The minimum atomic E-state index is -1.37. The van der Waals surface area contributed by atoms with Crippen molar-refractivity contribution < 1.29 is 28.6 Å². The molecule has 0 aromatic carbocycles. The Morgan fingerprint density at radius 3 is 2.38 bits per heavy atom. The molecule has 2 aliphatic carbocycles. The molecule has 1 aliphatic heterocycles. The van der Waals surface area contributed by atoms with Gasteiger partial charge in [-0.05, 0) is 48.5 Å². The molecule has 0 N–H and O–H groups in total. The minimum Gasteiger partial charge on any atom is -0.468 e. The second-order valence-corrected chi connectivity index (χ2v) is 6.31. The first kappa shape index (κ1) is 16.5. The van der Waals surface area contributed by atoms with Crippen LogP contribution in [0.1, 0.15) is 32.6 Å². The van der Waals surface area contributed by atoms with Crippen molar-refractivity contribution in [3.05, 3.63) is 33.9 Å². The number of rotatable bonds is 2. The van der Waals surface area contributed by atoms with Crippen molar-refractivity contribution in [1.29, 1.82) is 0 Å². The standard InChI is InChI=1S/C18H20O6/c1-10-12-5-4-11-6-7-18(16(20)22-2,17(21)23-3)8-13(11)14(12)9-24-15(10)19/h6H,4-5,7-9H2,1-3H3. The highest BCUT2D eigenvalue weighted by Crippen LogP contribution is 2.48. The van der Waals surface area contributed by atoms with E-state index in [0.717, 1.165) is 35.1 Å². The maximum atomic E-state index is 12.4. The summed E-state index contributed by atoms with van der Waals surface area (Å²) in [6.07, 6.45) is 3.95. The number of carbonyl (C=O) groups is 3. The minimum absolute atomic E-state index is 0.177. The number of hydrogen-bond acceptors (Lipinski definition) is 6. The highest BCUT2D eigenvalue weighted by molar-refractivity contribution is 6.01. The predicted molar refractivity (Wildman–Crippen MR) is 83.7 cm³/mol. The second kappa shape index (κ2) is 5.92. The van der Waals surface area contributed by atoms with Crippen LogP contribution in [0, 0.1) is 5.41 Å². The molecule has 0 saturated carbocycles. The number of allylic oxidation sites excluding steroid dienone is 3. The monoisotopic (exact) mass is 332 g/mol. The Balaban J connectivity index is 2.13. The van der Waals surface area contributed by atoms with Crippen LogP contribution in [0.2, 0.25) is 0 Å². The smallest absolute Gasteiger partial charge is 0.334 e. The van der Waals surface area contributed by atoms with Crippen molar-refractivity contribution in [3.8, 4) is 0 Å². The largest absolute Gasteiger partial charge is 0.468 e. The third-order valence-corrected chi connectivity index (χ3v) is 5.19. The van der Waals surface area contributed by atoms with E-state index in [0.29, 0.717) is 5.57 Å². The molecular formula is C18H20O6. The van der Waals surface area contributed by atoms with Crippen LogP contribution >= 0.6 is 0 Å². The first-order valence-corrected chi connectivity index (χ1v) is 7.90. The average Bonchev–Trinajstić information content (AvgIpc) is 2.62. The van der Waals surface area contributed by atoms with Crippen LogP contribution in [0.15, 0.2) is 33.9 Å². The predicted octanol–water partition coefficient (Wildman–Crippen LogP) is 2.00. The maximum absolute atomic E-state index is 12.4. The normalized spacial score (nSPS) is 22.1. The number of methoxy groups -OCH3 is 2. The lowest BCUT2D eigenvalue weighted by Gasteiger charge is -2.37. The van der Waals surface area contributed by atoms with Gasteiger partial charge >= 0.3 is 17.9 Å². The Kier molecular flexibility index (Phi) is 4.07. The van der Waals surface area contributed by atoms with Gasteiger partial charge in [0.2, 0.25) is 0 Å². The van der Waals surface area contributed by atoms with Gasteiger partial charge in [0.25, 0.3) is 0 Å². The van der Waals surface area contributed by atoms with Crippen molar-refractivity contribution in [2.45, 2.75) is 32.6 Å². The van der Waals surface area contributed by atoms with Gasteiger partial charge in [-0.3, -0.25) is 9.59 Å². The molecule has 3 rings (SSSR count). The quantitative estimate of drug-likeness (QED) is 0.437. The van der Waals surface area contributed by atoms with E-state index in [2.05, 4.69) is 0 Å². The lowest BCUT2D eigenvalue weighted by Crippen LogP contribution is -2.43. The van der Waals surface area contributed by atoms with Gasteiger partial charge in [-0.1, -0.05) is 6.08 Å². The van der Waals surface area contributed by atoms with Gasteiger partial charge in [-0.15, -0.1) is 0 Å². The first-order valence-electron chi connectivity index (χ1n) is 7.90. The lowest BCUT2D eigenvalue weighted by atomic mass is 9.67. The summed E-state index contributed by atoms with van der Waals surface area (Å²) in [6.45, 7) is 1.93. The van der Waals surface area contributed by atoms with Gasteiger partial charge in [0, 0.05) is 12.0 Å². The van der Waals surface area contributed by atoms with Crippen molar-refractivity contribution in [2.75, 3.05) is 20.8 Å². The molecule has 0 unspecified atom stereocenters. The van der Waals surface area contributed by atoms with E-state index in [1.807, 2.05) is 6.08 Å². The van der Waals surface area contributed by atoms with E-state index in [1.54, 1.807) is 6.92 Å². The molecule has 24 heavy (non-hydrogen) atoms. The van der Waals surface area contributed by atoms with Gasteiger partial charge in [0.15, 0.2) is 5.41 Å². The van der Waals surface area contributed by atoms with Crippen molar-refractivity contribution in [2.24, 2.45) is 5.41 Å². The Labute approximate surface area is 140 Å². The van der Waals surface area contributed by atoms with Gasteiger partial charge in [-0.25, -0.2) is 4.79 Å². The summed E-state index contributed by atoms with van der Waals surface area (Å²) in [6, 6.07) is 0. The van der Waals surface area contributed by atoms with Crippen molar-refractivity contribution in [1.82, 2.24) is 0 Å². The second-order valence-electron chi connectivity index (χ2n) is 6.31. The van der Waals surface area contributed by atoms with E-state index in [-0.39, 0.29) is 25.4 Å². The summed E-state index contributed by atoms with van der Waals surface area (Å²) in [5.74, 6) is -1.50. The van der Waals surface area contributed by atoms with Gasteiger partial charge in [-0.2, -0.15) is 0 Å². The van der Waals surface area contributed by atoms with Crippen LogP contribution < -0.4 is 0 Å². The molecule has 0 fully saturated rings. The molecule has 6 nitrogen and oxygen atoms in total. The number of hydrogen-bond donors (Lipinski definition) is 0. The molecule has 0 saturated heterocycles. The highest BCUT2D eigenvalue weighted by Gasteiger charge is 2.51. The van der Waals surface area contributed by atoms with Crippen LogP contribution in [-0.2, 0) is 28.6 Å². The molecule has 0 aromatic rings. The number of carbonyl (C=O) groups excluding carboxylic acids is 3. The Morgan fingerprint density at radius 2 is 1.75 bits per heavy atom. The lowest BCUT2D eigenvalue weighted by molar-refractivity contribution is -0.169. The molecule has 0 atom stereocenters. The number of esters is 3. The molecule has 0 radical (unpaired) electrons. The SMILES string of the molecule is COC(=O)C1(C(=O)OC)CC=C2CCC3=C(C)C(=O)OCC3=C2C1. The van der Waals surface area contributed by atoms with Crippen molar-refractivity contribution in [3.63, 3.8) is 0 Å². The summed E-state index contributed by atoms with van der Waals surface area (Å²) in [7, 11) is 2.53. The van der Waals surface area contributed by atoms with Gasteiger partial charge in [0.05, 0.1) is 14.2 Å². The number of ether oxygens (including phenoxy) is 3. The Hall–Kier alpha value is -2.37. The van der Waals surface area contributed by atoms with E-state index >= 15 is 0 Å². The molecule has 3 aliphatic rings. The maximum Gasteiger partial charge on any atom is 0.334 e. The number of cyclic esters (lactones) is 1. The van der Waals surface area contributed by atoms with E-state index in [9.17, 15) is 14.4 Å². The molecule has 1 heterocycles. The summed E-state index contributed by atoms with van der Waals surface area (Å²) < 4.78 is 15.0. The van der Waals surface area contributed by atoms with E-state index in [4.69, 9.17) is 14.2 Å². The molecule has 6 heteroatoms. The fourth-order valence-electron chi connectivity index (χ4n) is 3.80. The summed E-state index contributed by atoms with van der Waals surface area (Å²) >= 11 is 0. The zero-order valence-corrected chi connectivity index (χ0v) is 14.1. The van der Waals surface area contributed by atoms with Gasteiger partial charge in [0.1, 0.15) is 6.61 Å². The number of fused-ring (bicyclic) bond motifs is 2. The molecular weight excluding hydrogens is 312 g/mol. The average molecular weight is 332 g/mol. The Bertz CT molecular complexity index is 706. The van der Waals surface area contributed by atoms with Crippen molar-refractivity contribution >= 4 is 17.9 Å². The molecule has 0 spiro atoms. The fraction of sp³-hybridized carbons (Fsp3) is 0.500. The zero-order valence-electron chi connectivity index (χ0n) is 14.1. The fourth-order valence-corrected chi connectivity index (χ4v) is 3.80. The van der Waals surface area contributed by atoms with Crippen LogP contribution in [-0.4, -0.2) is 38.7 Å². The van der Waals surface area contributed by atoms with Gasteiger partial charge < -0.3 is 14.2 Å². The Morgan fingerprint density at radius 1 is 1.08 bits per heavy atom.